The topological polar surface area (TPSA) is 114 Å². The summed E-state index contributed by atoms with van der Waals surface area (Å²) in [6.45, 7) is 2.08. The number of hydrogen-bond acceptors (Lipinski definition) is 5. The van der Waals surface area contributed by atoms with Crippen LogP contribution in [0.4, 0.5) is 4.79 Å². The molecule has 0 unspecified atom stereocenters. The van der Waals surface area contributed by atoms with Crippen molar-refractivity contribution in [2.24, 2.45) is 5.92 Å². The van der Waals surface area contributed by atoms with Crippen molar-refractivity contribution in [2.45, 2.75) is 50.5 Å². The lowest BCUT2D eigenvalue weighted by atomic mass is 9.91. The number of rotatable bonds is 10. The Balaban J connectivity index is 1.26. The van der Waals surface area contributed by atoms with Gasteiger partial charge in [-0.3, -0.25) is 9.59 Å². The van der Waals surface area contributed by atoms with Gasteiger partial charge in [-0.15, -0.1) is 0 Å². The molecular weight excluding hydrogens is 520 g/mol. The van der Waals surface area contributed by atoms with Crippen molar-refractivity contribution in [3.05, 3.63) is 108 Å². The van der Waals surface area contributed by atoms with Crippen molar-refractivity contribution in [2.75, 3.05) is 6.61 Å². The summed E-state index contributed by atoms with van der Waals surface area (Å²) in [7, 11) is 0. The molecule has 2 aliphatic rings. The van der Waals surface area contributed by atoms with Crippen LogP contribution in [-0.4, -0.2) is 47.9 Å². The molecule has 0 saturated carbocycles. The third-order valence-corrected chi connectivity index (χ3v) is 7.73. The molecule has 3 aromatic rings. The average molecular weight is 555 g/mol. The summed E-state index contributed by atoms with van der Waals surface area (Å²) in [5.74, 6) is -2.07. The molecule has 5 rings (SSSR count). The molecule has 3 N–H and O–H groups in total. The Hall–Kier alpha value is -4.43. The van der Waals surface area contributed by atoms with Crippen LogP contribution in [0, 0.1) is 5.92 Å². The Labute approximate surface area is 239 Å². The van der Waals surface area contributed by atoms with E-state index in [0.717, 1.165) is 27.8 Å². The summed E-state index contributed by atoms with van der Waals surface area (Å²) in [5, 5.41) is 15.0. The summed E-state index contributed by atoms with van der Waals surface area (Å²) in [4.78, 5) is 38.0. The van der Waals surface area contributed by atoms with E-state index < -0.39 is 42.1 Å². The second-order valence-electron chi connectivity index (χ2n) is 10.5. The number of carboxylic acid groups (broad SMARTS) is 1. The van der Waals surface area contributed by atoms with Gasteiger partial charge in [-0.05, 0) is 47.6 Å². The molecular formula is C33H34N2O6. The second kappa shape index (κ2) is 12.8. The van der Waals surface area contributed by atoms with E-state index in [-0.39, 0.29) is 25.6 Å². The fourth-order valence-corrected chi connectivity index (χ4v) is 5.53. The molecule has 4 atom stereocenters. The standard InChI is InChI=1S/C33H34N2O6/c1-21(40-19-22-10-3-2-4-11-22)30(31(36)34-24-13-9-12-23(18-24)32(37)38)35-33(39)41-20-29-27-16-7-5-14-25(27)26-15-6-8-17-28(26)29/h2-11,13-17,21,23-24,29-30H,12,18-20H2,1H3,(H,34,36)(H,35,39)(H,37,38)/t21-,23+,24+,30+/m0/s1. The van der Waals surface area contributed by atoms with Crippen molar-refractivity contribution in [3.63, 3.8) is 0 Å². The van der Waals surface area contributed by atoms with Crippen LogP contribution in [0.5, 0.6) is 0 Å². The highest BCUT2D eigenvalue weighted by Gasteiger charge is 2.33. The highest BCUT2D eigenvalue weighted by atomic mass is 16.5. The van der Waals surface area contributed by atoms with Crippen LogP contribution < -0.4 is 10.6 Å². The zero-order chi connectivity index (χ0) is 28.8. The van der Waals surface area contributed by atoms with Gasteiger partial charge in [0, 0.05) is 12.0 Å². The summed E-state index contributed by atoms with van der Waals surface area (Å²) in [5.41, 5.74) is 5.36. The largest absolute Gasteiger partial charge is 0.481 e. The van der Waals surface area contributed by atoms with Gasteiger partial charge in [0.1, 0.15) is 12.6 Å². The lowest BCUT2D eigenvalue weighted by molar-refractivity contribution is -0.142. The normalized spacial score (nSPS) is 19.0. The molecule has 0 aromatic heterocycles. The maximum atomic E-state index is 13.4. The maximum Gasteiger partial charge on any atom is 0.407 e. The molecule has 2 aliphatic carbocycles. The molecule has 8 nitrogen and oxygen atoms in total. The Morgan fingerprint density at radius 3 is 2.22 bits per heavy atom. The van der Waals surface area contributed by atoms with Crippen molar-refractivity contribution in [1.82, 2.24) is 10.6 Å². The number of carbonyl (C=O) groups is 3. The lowest BCUT2D eigenvalue weighted by Gasteiger charge is -2.28. The number of alkyl carbamates (subject to hydrolysis) is 1. The number of allylic oxidation sites excluding steroid dienone is 1. The third-order valence-electron chi connectivity index (χ3n) is 7.73. The third kappa shape index (κ3) is 6.66. The SMILES string of the molecule is C[C@H](OCc1ccccc1)[C@@H](NC(=O)OCC1c2ccccc2-c2ccccc21)C(=O)N[C@@H]1C=CC[C@@H](C(=O)O)C1. The monoisotopic (exact) mass is 554 g/mol. The minimum absolute atomic E-state index is 0.110. The van der Waals surface area contributed by atoms with E-state index in [4.69, 9.17) is 9.47 Å². The molecule has 2 amide bonds. The molecule has 3 aromatic carbocycles. The number of nitrogens with one attached hydrogen (secondary N) is 2. The van der Waals surface area contributed by atoms with Crippen LogP contribution in [0.15, 0.2) is 91.0 Å². The van der Waals surface area contributed by atoms with Gasteiger partial charge < -0.3 is 25.2 Å². The number of hydrogen-bond donors (Lipinski definition) is 3. The van der Waals surface area contributed by atoms with Crippen LogP contribution in [0.2, 0.25) is 0 Å². The van der Waals surface area contributed by atoms with Gasteiger partial charge in [0.15, 0.2) is 0 Å². The zero-order valence-corrected chi connectivity index (χ0v) is 22.9. The van der Waals surface area contributed by atoms with E-state index in [1.807, 2.05) is 66.7 Å². The summed E-state index contributed by atoms with van der Waals surface area (Å²) in [6, 6.07) is 24.1. The van der Waals surface area contributed by atoms with Crippen molar-refractivity contribution in [1.29, 1.82) is 0 Å². The summed E-state index contributed by atoms with van der Waals surface area (Å²) >= 11 is 0. The van der Waals surface area contributed by atoms with E-state index in [2.05, 4.69) is 22.8 Å². The van der Waals surface area contributed by atoms with Gasteiger partial charge in [-0.1, -0.05) is 91.0 Å². The second-order valence-corrected chi connectivity index (χ2v) is 10.5. The molecule has 41 heavy (non-hydrogen) atoms. The number of aliphatic carboxylic acids is 1. The number of benzene rings is 3. The maximum absolute atomic E-state index is 13.4. The highest BCUT2D eigenvalue weighted by molar-refractivity contribution is 5.87. The molecule has 0 aliphatic heterocycles. The first kappa shape index (κ1) is 28.1. The fraction of sp³-hybridized carbons (Fsp3) is 0.303. The first-order valence-corrected chi connectivity index (χ1v) is 13.9. The van der Waals surface area contributed by atoms with Gasteiger partial charge >= 0.3 is 12.1 Å². The van der Waals surface area contributed by atoms with E-state index >= 15 is 0 Å². The quantitative estimate of drug-likeness (QED) is 0.303. The Morgan fingerprint density at radius 1 is 0.927 bits per heavy atom. The van der Waals surface area contributed by atoms with Crippen molar-refractivity contribution in [3.8, 4) is 11.1 Å². The van der Waals surface area contributed by atoms with Crippen LogP contribution in [0.1, 0.15) is 42.4 Å². The first-order chi connectivity index (χ1) is 19.9. The first-order valence-electron chi connectivity index (χ1n) is 13.9. The van der Waals surface area contributed by atoms with E-state index in [1.54, 1.807) is 19.1 Å². The molecule has 212 valence electrons. The molecule has 0 bridgehead atoms. The predicted octanol–water partition coefficient (Wildman–Crippen LogP) is 5.03. The lowest BCUT2D eigenvalue weighted by Crippen LogP contribution is -2.55. The molecule has 0 heterocycles. The van der Waals surface area contributed by atoms with Gasteiger partial charge in [-0.25, -0.2) is 4.79 Å². The van der Waals surface area contributed by atoms with Crippen LogP contribution in [0.25, 0.3) is 11.1 Å². The molecule has 8 heteroatoms. The molecule has 0 radical (unpaired) electrons. The molecule has 0 saturated heterocycles. The number of amides is 2. The molecule has 0 spiro atoms. The van der Waals surface area contributed by atoms with E-state index in [0.29, 0.717) is 6.42 Å². The van der Waals surface area contributed by atoms with Gasteiger partial charge in [0.05, 0.1) is 18.6 Å². The number of carboxylic acids is 1. The smallest absolute Gasteiger partial charge is 0.407 e. The average Bonchev–Trinajstić information content (AvgIpc) is 3.31. The van der Waals surface area contributed by atoms with Gasteiger partial charge in [0.2, 0.25) is 5.91 Å². The minimum Gasteiger partial charge on any atom is -0.481 e. The number of carbonyl (C=O) groups excluding carboxylic acids is 2. The van der Waals surface area contributed by atoms with E-state index in [1.165, 1.54) is 0 Å². The fourth-order valence-electron chi connectivity index (χ4n) is 5.53. The van der Waals surface area contributed by atoms with Gasteiger partial charge in [-0.2, -0.15) is 0 Å². The van der Waals surface area contributed by atoms with Crippen molar-refractivity contribution < 1.29 is 29.0 Å². The number of ether oxygens (including phenoxy) is 2. The van der Waals surface area contributed by atoms with Crippen LogP contribution in [0.3, 0.4) is 0 Å². The summed E-state index contributed by atoms with van der Waals surface area (Å²) in [6.07, 6.45) is 2.81. The van der Waals surface area contributed by atoms with Gasteiger partial charge in [0.25, 0.3) is 0 Å². The predicted molar refractivity (Wildman–Crippen MR) is 154 cm³/mol. The minimum atomic E-state index is -1.06. The Morgan fingerprint density at radius 2 is 1.56 bits per heavy atom. The van der Waals surface area contributed by atoms with Crippen LogP contribution in [-0.2, 0) is 25.7 Å². The van der Waals surface area contributed by atoms with E-state index in [9.17, 15) is 19.5 Å². The molecule has 0 fully saturated rings. The highest BCUT2D eigenvalue weighted by Crippen LogP contribution is 2.44. The Bertz CT molecular complexity index is 1380. The number of fused-ring (bicyclic) bond motifs is 3. The Kier molecular flexibility index (Phi) is 8.79. The van der Waals surface area contributed by atoms with Crippen LogP contribution >= 0.6 is 0 Å². The summed E-state index contributed by atoms with van der Waals surface area (Å²) < 4.78 is 11.7. The zero-order valence-electron chi connectivity index (χ0n) is 22.9. The van der Waals surface area contributed by atoms with Crippen molar-refractivity contribution >= 4 is 18.0 Å².